The number of benzene rings is 1. The van der Waals surface area contributed by atoms with Gasteiger partial charge in [0.15, 0.2) is 5.82 Å². The van der Waals surface area contributed by atoms with Gasteiger partial charge in [-0.25, -0.2) is 4.98 Å². The molecular formula is C20H26N4O. The van der Waals surface area contributed by atoms with E-state index in [4.69, 9.17) is 0 Å². The summed E-state index contributed by atoms with van der Waals surface area (Å²) in [5, 5.41) is 7.33. The predicted octanol–water partition coefficient (Wildman–Crippen LogP) is 4.00. The Hall–Kier alpha value is -2.17. The first kappa shape index (κ1) is 16.3. The Morgan fingerprint density at radius 3 is 2.52 bits per heavy atom. The highest BCUT2D eigenvalue weighted by atomic mass is 16.2. The maximum Gasteiger partial charge on any atom is 0.253 e. The first-order chi connectivity index (χ1) is 12.2. The maximum absolute atomic E-state index is 12.7. The lowest BCUT2D eigenvalue weighted by Crippen LogP contribution is -2.32. The van der Waals surface area contributed by atoms with Crippen LogP contribution in [0, 0.1) is 5.92 Å². The molecule has 1 heterocycles. The van der Waals surface area contributed by atoms with Crippen LogP contribution in [0.5, 0.6) is 0 Å². The molecule has 0 radical (unpaired) electrons. The first-order valence-electron chi connectivity index (χ1n) is 9.49. The molecule has 1 aromatic carbocycles. The standard InChI is InChI=1S/C20H26N4O/c1-24(13-14-5-3-2-4-6-14)20(25)17-11-9-16(10-12-17)19-21-18(22-23-19)15-7-8-15/h9-12,14-15H,2-8,13H2,1H3,(H,21,22,23). The fraction of sp³-hybridized carbons (Fsp3) is 0.550. The minimum Gasteiger partial charge on any atom is -0.341 e. The van der Waals surface area contributed by atoms with E-state index in [1.54, 1.807) is 0 Å². The molecule has 2 fully saturated rings. The van der Waals surface area contributed by atoms with Crippen LogP contribution in [0.1, 0.15) is 67.0 Å². The number of carbonyl (C=O) groups is 1. The van der Waals surface area contributed by atoms with E-state index in [2.05, 4.69) is 15.2 Å². The molecule has 5 nitrogen and oxygen atoms in total. The van der Waals surface area contributed by atoms with Gasteiger partial charge in [-0.15, -0.1) is 0 Å². The Morgan fingerprint density at radius 1 is 1.12 bits per heavy atom. The van der Waals surface area contributed by atoms with Gasteiger partial charge in [-0.2, -0.15) is 5.10 Å². The molecule has 1 amide bonds. The van der Waals surface area contributed by atoms with Crippen molar-refractivity contribution in [3.63, 3.8) is 0 Å². The number of aromatic amines is 1. The van der Waals surface area contributed by atoms with Gasteiger partial charge in [0, 0.05) is 30.6 Å². The fourth-order valence-corrected chi connectivity index (χ4v) is 3.76. The summed E-state index contributed by atoms with van der Waals surface area (Å²) in [6.45, 7) is 0.867. The van der Waals surface area contributed by atoms with Crippen molar-refractivity contribution in [2.75, 3.05) is 13.6 Å². The van der Waals surface area contributed by atoms with Gasteiger partial charge in [0.05, 0.1) is 0 Å². The number of carbonyl (C=O) groups excluding carboxylic acids is 1. The summed E-state index contributed by atoms with van der Waals surface area (Å²) in [4.78, 5) is 19.1. The van der Waals surface area contributed by atoms with Crippen LogP contribution in [0.3, 0.4) is 0 Å². The van der Waals surface area contributed by atoms with Crippen molar-refractivity contribution >= 4 is 5.91 Å². The number of nitrogens with zero attached hydrogens (tertiary/aromatic N) is 3. The van der Waals surface area contributed by atoms with E-state index in [-0.39, 0.29) is 5.91 Å². The molecule has 0 saturated heterocycles. The van der Waals surface area contributed by atoms with E-state index in [1.807, 2.05) is 36.2 Å². The summed E-state index contributed by atoms with van der Waals surface area (Å²) in [6.07, 6.45) is 8.88. The molecule has 5 heteroatoms. The molecule has 4 rings (SSSR count). The Balaban J connectivity index is 1.40. The molecule has 132 valence electrons. The number of nitrogens with one attached hydrogen (secondary N) is 1. The number of hydrogen-bond donors (Lipinski definition) is 1. The summed E-state index contributed by atoms with van der Waals surface area (Å²) < 4.78 is 0. The lowest BCUT2D eigenvalue weighted by Gasteiger charge is -2.27. The van der Waals surface area contributed by atoms with Crippen LogP contribution in [0.25, 0.3) is 11.4 Å². The average Bonchev–Trinajstić information content (AvgIpc) is 3.39. The molecule has 0 atom stereocenters. The Morgan fingerprint density at radius 2 is 1.84 bits per heavy atom. The maximum atomic E-state index is 12.7. The van der Waals surface area contributed by atoms with Crippen LogP contribution in [0.2, 0.25) is 0 Å². The van der Waals surface area contributed by atoms with Gasteiger partial charge < -0.3 is 4.90 Å². The minimum absolute atomic E-state index is 0.103. The van der Waals surface area contributed by atoms with Gasteiger partial charge in [-0.3, -0.25) is 9.89 Å². The zero-order valence-electron chi connectivity index (χ0n) is 14.9. The zero-order valence-corrected chi connectivity index (χ0v) is 14.9. The van der Waals surface area contributed by atoms with Gasteiger partial charge in [-0.1, -0.05) is 31.4 Å². The third kappa shape index (κ3) is 3.75. The largest absolute Gasteiger partial charge is 0.341 e. The third-order valence-electron chi connectivity index (χ3n) is 5.46. The number of H-pyrrole nitrogens is 1. The normalized spacial score (nSPS) is 18.3. The summed E-state index contributed by atoms with van der Waals surface area (Å²) >= 11 is 0. The Labute approximate surface area is 148 Å². The fourth-order valence-electron chi connectivity index (χ4n) is 3.76. The molecule has 2 aliphatic carbocycles. The van der Waals surface area contributed by atoms with Crippen molar-refractivity contribution in [2.45, 2.75) is 50.9 Å². The van der Waals surface area contributed by atoms with E-state index >= 15 is 0 Å². The van der Waals surface area contributed by atoms with Gasteiger partial charge in [0.2, 0.25) is 0 Å². The van der Waals surface area contributed by atoms with Crippen LogP contribution in [-0.4, -0.2) is 39.6 Å². The van der Waals surface area contributed by atoms with Crippen LogP contribution in [0.4, 0.5) is 0 Å². The van der Waals surface area contributed by atoms with Crippen LogP contribution in [-0.2, 0) is 0 Å². The molecule has 2 aliphatic rings. The second-order valence-corrected chi connectivity index (χ2v) is 7.59. The van der Waals surface area contributed by atoms with E-state index in [0.717, 1.165) is 29.3 Å². The molecule has 0 spiro atoms. The molecule has 2 aromatic rings. The number of aromatic nitrogens is 3. The smallest absolute Gasteiger partial charge is 0.253 e. The monoisotopic (exact) mass is 338 g/mol. The number of hydrogen-bond acceptors (Lipinski definition) is 3. The van der Waals surface area contributed by atoms with Crippen molar-refractivity contribution in [1.82, 2.24) is 20.1 Å². The van der Waals surface area contributed by atoms with Crippen molar-refractivity contribution in [1.29, 1.82) is 0 Å². The minimum atomic E-state index is 0.103. The quantitative estimate of drug-likeness (QED) is 0.896. The van der Waals surface area contributed by atoms with E-state index in [1.165, 1.54) is 44.9 Å². The van der Waals surface area contributed by atoms with Crippen LogP contribution in [0.15, 0.2) is 24.3 Å². The molecular weight excluding hydrogens is 312 g/mol. The summed E-state index contributed by atoms with van der Waals surface area (Å²) in [7, 11) is 1.92. The second-order valence-electron chi connectivity index (χ2n) is 7.59. The SMILES string of the molecule is CN(CC1CCCCC1)C(=O)c1ccc(-c2n[nH]c(C3CC3)n2)cc1. The van der Waals surface area contributed by atoms with Crippen molar-refractivity contribution in [2.24, 2.45) is 5.92 Å². The van der Waals surface area contributed by atoms with Crippen molar-refractivity contribution in [3.8, 4) is 11.4 Å². The highest BCUT2D eigenvalue weighted by molar-refractivity contribution is 5.94. The molecule has 2 saturated carbocycles. The molecule has 25 heavy (non-hydrogen) atoms. The molecule has 0 aliphatic heterocycles. The third-order valence-corrected chi connectivity index (χ3v) is 5.46. The summed E-state index contributed by atoms with van der Waals surface area (Å²) in [6, 6.07) is 7.67. The Bertz CT molecular complexity index is 726. The van der Waals surface area contributed by atoms with E-state index in [9.17, 15) is 4.79 Å². The summed E-state index contributed by atoms with van der Waals surface area (Å²) in [5.74, 6) is 3.04. The van der Waals surface area contributed by atoms with Gasteiger partial charge >= 0.3 is 0 Å². The number of rotatable bonds is 5. The zero-order chi connectivity index (χ0) is 17.2. The van der Waals surface area contributed by atoms with Crippen molar-refractivity contribution in [3.05, 3.63) is 35.7 Å². The van der Waals surface area contributed by atoms with Crippen LogP contribution >= 0.6 is 0 Å². The topological polar surface area (TPSA) is 61.9 Å². The summed E-state index contributed by atoms with van der Waals surface area (Å²) in [5.41, 5.74) is 1.69. The van der Waals surface area contributed by atoms with Gasteiger partial charge in [-0.05, 0) is 43.7 Å². The predicted molar refractivity (Wildman–Crippen MR) is 97.3 cm³/mol. The number of amides is 1. The van der Waals surface area contributed by atoms with Gasteiger partial charge in [0.25, 0.3) is 5.91 Å². The lowest BCUT2D eigenvalue weighted by molar-refractivity contribution is 0.0760. The van der Waals surface area contributed by atoms with Crippen molar-refractivity contribution < 1.29 is 4.79 Å². The van der Waals surface area contributed by atoms with Gasteiger partial charge in [0.1, 0.15) is 5.82 Å². The molecule has 1 aromatic heterocycles. The Kier molecular flexibility index (Phi) is 4.55. The van der Waals surface area contributed by atoms with E-state index in [0.29, 0.717) is 11.8 Å². The molecule has 0 bridgehead atoms. The highest BCUT2D eigenvalue weighted by Gasteiger charge is 2.27. The lowest BCUT2D eigenvalue weighted by atomic mass is 9.89. The van der Waals surface area contributed by atoms with E-state index < -0.39 is 0 Å². The molecule has 0 unspecified atom stereocenters. The van der Waals surface area contributed by atoms with Crippen LogP contribution < -0.4 is 0 Å². The molecule has 1 N–H and O–H groups in total. The highest BCUT2D eigenvalue weighted by Crippen LogP contribution is 2.38. The first-order valence-corrected chi connectivity index (χ1v) is 9.49. The average molecular weight is 338 g/mol. The second kappa shape index (κ2) is 6.98.